The van der Waals surface area contributed by atoms with Gasteiger partial charge in [0.2, 0.25) is 5.91 Å². The van der Waals surface area contributed by atoms with Crippen molar-refractivity contribution in [3.8, 4) is 0 Å². The van der Waals surface area contributed by atoms with Crippen molar-refractivity contribution < 1.29 is 14.1 Å². The van der Waals surface area contributed by atoms with Gasteiger partial charge < -0.3 is 9.73 Å². The van der Waals surface area contributed by atoms with Crippen molar-refractivity contribution in [1.82, 2.24) is 4.57 Å². The second-order valence-electron chi connectivity index (χ2n) is 7.27. The third-order valence-electron chi connectivity index (χ3n) is 4.84. The Morgan fingerprint density at radius 1 is 1.28 bits per heavy atom. The molecular weight excluding hydrogens is 374 g/mol. The minimum atomic E-state index is -0.595. The molecule has 1 heterocycles. The Kier molecular flexibility index (Phi) is 5.81. The van der Waals surface area contributed by atoms with Gasteiger partial charge in [0, 0.05) is 24.7 Å². The molecule has 0 bridgehead atoms. The number of nitrogens with zero attached hydrogens (tertiary/aromatic N) is 2. The van der Waals surface area contributed by atoms with Crippen LogP contribution in [-0.4, -0.2) is 15.4 Å². The van der Waals surface area contributed by atoms with Gasteiger partial charge in [-0.3, -0.25) is 19.5 Å². The Hall–Kier alpha value is -3.42. The minimum absolute atomic E-state index is 0.127. The first-order chi connectivity index (χ1) is 13.8. The first kappa shape index (κ1) is 20.3. The van der Waals surface area contributed by atoms with Crippen LogP contribution in [0.5, 0.6) is 0 Å². The largest absolute Gasteiger partial charge is 0.419 e. The van der Waals surface area contributed by atoms with E-state index in [-0.39, 0.29) is 36.1 Å². The molecule has 0 spiro atoms. The average molecular weight is 397 g/mol. The molecule has 8 nitrogen and oxygen atoms in total. The van der Waals surface area contributed by atoms with E-state index in [0.717, 1.165) is 16.8 Å². The number of hydrogen-bond acceptors (Lipinski definition) is 5. The zero-order valence-corrected chi connectivity index (χ0v) is 16.6. The lowest BCUT2D eigenvalue weighted by molar-refractivity contribution is -0.384. The molecule has 152 valence electrons. The van der Waals surface area contributed by atoms with E-state index in [0.29, 0.717) is 11.9 Å². The van der Waals surface area contributed by atoms with Crippen LogP contribution in [0.25, 0.3) is 11.1 Å². The molecule has 0 saturated carbocycles. The van der Waals surface area contributed by atoms with Gasteiger partial charge in [-0.05, 0) is 36.5 Å². The first-order valence-corrected chi connectivity index (χ1v) is 9.45. The SMILES string of the molecule is Cc1cccc(C(C)C)c1NC(=O)CCCn1c(=O)oc2cc([N+](=O)[O-])ccc21. The highest BCUT2D eigenvalue weighted by atomic mass is 16.6. The van der Waals surface area contributed by atoms with Crippen LogP contribution in [0.2, 0.25) is 0 Å². The molecule has 0 unspecified atom stereocenters. The Morgan fingerprint density at radius 3 is 2.72 bits per heavy atom. The van der Waals surface area contributed by atoms with E-state index in [9.17, 15) is 19.7 Å². The van der Waals surface area contributed by atoms with Crippen molar-refractivity contribution in [3.63, 3.8) is 0 Å². The number of hydrogen-bond donors (Lipinski definition) is 1. The third kappa shape index (κ3) is 4.37. The van der Waals surface area contributed by atoms with Crippen molar-refractivity contribution in [2.45, 2.75) is 46.1 Å². The van der Waals surface area contributed by atoms with Crippen molar-refractivity contribution in [2.75, 3.05) is 5.32 Å². The van der Waals surface area contributed by atoms with Gasteiger partial charge in [-0.2, -0.15) is 0 Å². The maximum Gasteiger partial charge on any atom is 0.419 e. The lowest BCUT2D eigenvalue weighted by Gasteiger charge is -2.16. The molecule has 0 saturated heterocycles. The number of fused-ring (bicyclic) bond motifs is 1. The van der Waals surface area contributed by atoms with Crippen molar-refractivity contribution in [1.29, 1.82) is 0 Å². The second-order valence-corrected chi connectivity index (χ2v) is 7.27. The van der Waals surface area contributed by atoms with Gasteiger partial charge >= 0.3 is 5.76 Å². The molecule has 0 aliphatic carbocycles. The van der Waals surface area contributed by atoms with Crippen LogP contribution in [0.15, 0.2) is 45.6 Å². The van der Waals surface area contributed by atoms with Crippen LogP contribution in [0.3, 0.4) is 0 Å². The van der Waals surface area contributed by atoms with Crippen LogP contribution >= 0.6 is 0 Å². The second kappa shape index (κ2) is 8.30. The molecule has 0 fully saturated rings. The summed E-state index contributed by atoms with van der Waals surface area (Å²) in [5.74, 6) is -0.440. The number of benzene rings is 2. The number of carbonyl (C=O) groups is 1. The highest BCUT2D eigenvalue weighted by Gasteiger charge is 2.15. The number of oxazole rings is 1. The van der Waals surface area contributed by atoms with Gasteiger partial charge in [-0.15, -0.1) is 0 Å². The van der Waals surface area contributed by atoms with Gasteiger partial charge in [0.1, 0.15) is 0 Å². The fourth-order valence-corrected chi connectivity index (χ4v) is 3.32. The fraction of sp³-hybridized carbons (Fsp3) is 0.333. The molecule has 2 aromatic carbocycles. The smallest absolute Gasteiger partial charge is 0.407 e. The molecule has 1 N–H and O–H groups in total. The standard InChI is InChI=1S/C21H23N3O5/c1-13(2)16-7-4-6-14(3)20(16)22-19(25)8-5-11-23-17-10-9-15(24(27)28)12-18(17)29-21(23)26/h4,6-7,9-10,12-13H,5,8,11H2,1-3H3,(H,22,25). The van der Waals surface area contributed by atoms with E-state index in [1.807, 2.05) is 25.1 Å². The molecule has 8 heteroatoms. The number of para-hydroxylation sites is 1. The number of nitro benzene ring substituents is 1. The Labute approximate surface area is 167 Å². The summed E-state index contributed by atoms with van der Waals surface area (Å²) in [5.41, 5.74) is 3.42. The van der Waals surface area contributed by atoms with E-state index >= 15 is 0 Å². The summed E-state index contributed by atoms with van der Waals surface area (Å²) >= 11 is 0. The van der Waals surface area contributed by atoms with E-state index in [1.54, 1.807) is 0 Å². The number of amides is 1. The summed E-state index contributed by atoms with van der Waals surface area (Å²) in [4.78, 5) is 34.8. The molecule has 29 heavy (non-hydrogen) atoms. The minimum Gasteiger partial charge on any atom is -0.407 e. The molecule has 1 amide bonds. The Bertz CT molecular complexity index is 1130. The van der Waals surface area contributed by atoms with Gasteiger partial charge in [0.25, 0.3) is 5.69 Å². The van der Waals surface area contributed by atoms with Gasteiger partial charge in [0.05, 0.1) is 16.5 Å². The summed E-state index contributed by atoms with van der Waals surface area (Å²) in [6, 6.07) is 9.97. The molecular formula is C21H23N3O5. The van der Waals surface area contributed by atoms with E-state index < -0.39 is 10.7 Å². The average Bonchev–Trinajstić information content (AvgIpc) is 2.97. The number of nitro groups is 1. The van der Waals surface area contributed by atoms with E-state index in [4.69, 9.17) is 4.42 Å². The lowest BCUT2D eigenvalue weighted by atomic mass is 9.98. The van der Waals surface area contributed by atoms with Crippen molar-refractivity contribution in [2.24, 2.45) is 0 Å². The molecule has 0 atom stereocenters. The summed E-state index contributed by atoms with van der Waals surface area (Å²) in [6.45, 7) is 6.39. The number of aryl methyl sites for hydroxylation is 2. The van der Waals surface area contributed by atoms with Crippen LogP contribution in [0.4, 0.5) is 11.4 Å². The van der Waals surface area contributed by atoms with Crippen LogP contribution in [0.1, 0.15) is 43.7 Å². The zero-order chi connectivity index (χ0) is 21.1. The zero-order valence-electron chi connectivity index (χ0n) is 16.6. The number of carbonyl (C=O) groups excluding carboxylic acids is 1. The quantitative estimate of drug-likeness (QED) is 0.471. The fourth-order valence-electron chi connectivity index (χ4n) is 3.32. The van der Waals surface area contributed by atoms with Crippen molar-refractivity contribution in [3.05, 3.63) is 68.2 Å². The van der Waals surface area contributed by atoms with Crippen LogP contribution in [-0.2, 0) is 11.3 Å². The maximum atomic E-state index is 12.4. The highest BCUT2D eigenvalue weighted by molar-refractivity contribution is 5.92. The van der Waals surface area contributed by atoms with Gasteiger partial charge in [0.15, 0.2) is 5.58 Å². The Morgan fingerprint density at radius 2 is 2.03 bits per heavy atom. The lowest BCUT2D eigenvalue weighted by Crippen LogP contribution is -2.18. The number of anilines is 1. The highest BCUT2D eigenvalue weighted by Crippen LogP contribution is 2.27. The van der Waals surface area contributed by atoms with Gasteiger partial charge in [-0.1, -0.05) is 32.0 Å². The summed E-state index contributed by atoms with van der Waals surface area (Å²) < 4.78 is 6.49. The number of rotatable bonds is 7. The van der Waals surface area contributed by atoms with Gasteiger partial charge in [-0.25, -0.2) is 4.79 Å². The van der Waals surface area contributed by atoms with Crippen LogP contribution < -0.4 is 11.1 Å². The predicted octanol–water partition coefficient (Wildman–Crippen LogP) is 4.35. The summed E-state index contributed by atoms with van der Waals surface area (Å²) in [6.07, 6.45) is 0.665. The molecule has 3 aromatic rings. The molecule has 1 aromatic heterocycles. The third-order valence-corrected chi connectivity index (χ3v) is 4.84. The summed E-state index contributed by atoms with van der Waals surface area (Å²) in [5, 5.41) is 13.8. The number of aromatic nitrogens is 1. The summed E-state index contributed by atoms with van der Waals surface area (Å²) in [7, 11) is 0. The molecule has 3 rings (SSSR count). The Balaban J connectivity index is 1.68. The van der Waals surface area contributed by atoms with E-state index in [2.05, 4.69) is 19.2 Å². The van der Waals surface area contributed by atoms with Crippen LogP contribution in [0, 0.1) is 17.0 Å². The molecule has 0 radical (unpaired) electrons. The predicted molar refractivity (Wildman–Crippen MR) is 110 cm³/mol. The topological polar surface area (TPSA) is 107 Å². The molecule has 0 aliphatic rings. The first-order valence-electron chi connectivity index (χ1n) is 9.45. The maximum absolute atomic E-state index is 12.4. The van der Waals surface area contributed by atoms with Crippen molar-refractivity contribution >= 4 is 28.4 Å². The number of non-ortho nitro benzene ring substituents is 1. The molecule has 0 aliphatic heterocycles. The van der Waals surface area contributed by atoms with E-state index in [1.165, 1.54) is 22.8 Å². The normalized spacial score (nSPS) is 11.2. The monoisotopic (exact) mass is 397 g/mol. The number of nitrogens with one attached hydrogen (secondary N) is 1.